The van der Waals surface area contributed by atoms with Gasteiger partial charge in [0.2, 0.25) is 0 Å². The molecule has 0 heterocycles. The molecule has 1 aromatic rings. The smallest absolute Gasteiger partial charge is 0.311 e. The van der Waals surface area contributed by atoms with Gasteiger partial charge in [-0.05, 0) is 12.5 Å². The lowest BCUT2D eigenvalue weighted by Gasteiger charge is -2.10. The molecule has 0 unspecified atom stereocenters. The zero-order valence-electron chi connectivity index (χ0n) is 8.30. The van der Waals surface area contributed by atoms with Crippen LogP contribution in [0.3, 0.4) is 0 Å². The number of carbonyl (C=O) groups is 2. The molecule has 0 amide bonds. The Hall–Kier alpha value is -1.84. The van der Waals surface area contributed by atoms with Crippen molar-refractivity contribution in [3.05, 3.63) is 35.4 Å². The molecular weight excluding hydrogens is 196 g/mol. The number of hydrogen-bond donors (Lipinski definition) is 2. The summed E-state index contributed by atoms with van der Waals surface area (Å²) in [6.07, 6.45) is -0.390. The van der Waals surface area contributed by atoms with Crippen LogP contribution < -0.4 is 0 Å². The van der Waals surface area contributed by atoms with Gasteiger partial charge >= 0.3 is 11.9 Å². The zero-order valence-corrected chi connectivity index (χ0v) is 8.30. The van der Waals surface area contributed by atoms with Gasteiger partial charge in [-0.1, -0.05) is 29.8 Å². The minimum Gasteiger partial charge on any atom is -0.481 e. The summed E-state index contributed by atoms with van der Waals surface area (Å²) in [6.45, 7) is 1.89. The van der Waals surface area contributed by atoms with E-state index in [-0.39, 0.29) is 0 Å². The second-order valence-electron chi connectivity index (χ2n) is 3.40. The lowest BCUT2D eigenvalue weighted by molar-refractivity contribution is -0.145. The van der Waals surface area contributed by atoms with Crippen molar-refractivity contribution in [2.45, 2.75) is 19.3 Å². The maximum Gasteiger partial charge on any atom is 0.311 e. The van der Waals surface area contributed by atoms with Crippen LogP contribution in [-0.4, -0.2) is 22.2 Å². The van der Waals surface area contributed by atoms with Gasteiger partial charge in [0, 0.05) is 0 Å². The van der Waals surface area contributed by atoms with Crippen LogP contribution in [0.15, 0.2) is 24.3 Å². The van der Waals surface area contributed by atoms with Crippen molar-refractivity contribution in [3.63, 3.8) is 0 Å². The van der Waals surface area contributed by atoms with Gasteiger partial charge < -0.3 is 10.2 Å². The highest BCUT2D eigenvalue weighted by Crippen LogP contribution is 2.20. The minimum atomic E-state index is -1.11. The van der Waals surface area contributed by atoms with E-state index >= 15 is 0 Å². The molecule has 1 aromatic carbocycles. The maximum atomic E-state index is 10.9. The second-order valence-corrected chi connectivity index (χ2v) is 3.40. The average molecular weight is 208 g/mol. The Labute approximate surface area is 87.2 Å². The highest BCUT2D eigenvalue weighted by Gasteiger charge is 2.22. The lowest BCUT2D eigenvalue weighted by atomic mass is 9.95. The van der Waals surface area contributed by atoms with Crippen molar-refractivity contribution in [1.82, 2.24) is 0 Å². The number of benzene rings is 1. The van der Waals surface area contributed by atoms with Crippen LogP contribution in [0.1, 0.15) is 23.5 Å². The minimum absolute atomic E-state index is 0.390. The summed E-state index contributed by atoms with van der Waals surface area (Å²) < 4.78 is 0. The number of carboxylic acids is 2. The molecule has 0 aliphatic heterocycles. The van der Waals surface area contributed by atoms with Gasteiger partial charge in [0.15, 0.2) is 0 Å². The highest BCUT2D eigenvalue weighted by molar-refractivity contribution is 5.82. The number of carboxylic acid groups (broad SMARTS) is 2. The first kappa shape index (κ1) is 11.2. The van der Waals surface area contributed by atoms with Crippen LogP contribution in [0.25, 0.3) is 0 Å². The summed E-state index contributed by atoms with van der Waals surface area (Å²) >= 11 is 0. The molecule has 15 heavy (non-hydrogen) atoms. The van der Waals surface area contributed by atoms with Crippen molar-refractivity contribution in [2.24, 2.45) is 0 Å². The molecule has 4 nitrogen and oxygen atoms in total. The van der Waals surface area contributed by atoms with Gasteiger partial charge in [-0.25, -0.2) is 0 Å². The van der Waals surface area contributed by atoms with E-state index in [0.717, 1.165) is 5.56 Å². The average Bonchev–Trinajstić information content (AvgIpc) is 2.15. The van der Waals surface area contributed by atoms with Crippen LogP contribution in [0.4, 0.5) is 0 Å². The van der Waals surface area contributed by atoms with Crippen molar-refractivity contribution in [2.75, 3.05) is 0 Å². The quantitative estimate of drug-likeness (QED) is 0.788. The molecule has 0 bridgehead atoms. The first-order valence-electron chi connectivity index (χ1n) is 4.52. The van der Waals surface area contributed by atoms with Crippen LogP contribution >= 0.6 is 0 Å². The molecule has 0 fully saturated rings. The number of aliphatic carboxylic acids is 2. The fraction of sp³-hybridized carbons (Fsp3) is 0.273. The van der Waals surface area contributed by atoms with Crippen molar-refractivity contribution in [3.8, 4) is 0 Å². The van der Waals surface area contributed by atoms with Crippen LogP contribution in [0, 0.1) is 6.92 Å². The summed E-state index contributed by atoms with van der Waals surface area (Å²) in [6, 6.07) is 6.84. The third-order valence-electron chi connectivity index (χ3n) is 2.16. The third kappa shape index (κ3) is 3.09. The summed E-state index contributed by atoms with van der Waals surface area (Å²) in [7, 11) is 0. The first-order chi connectivity index (χ1) is 7.00. The maximum absolute atomic E-state index is 10.9. The largest absolute Gasteiger partial charge is 0.481 e. The Morgan fingerprint density at radius 3 is 2.13 bits per heavy atom. The molecular formula is C11H12O4. The van der Waals surface area contributed by atoms with E-state index in [1.807, 2.05) is 6.92 Å². The molecule has 4 heteroatoms. The fourth-order valence-electron chi connectivity index (χ4n) is 1.32. The Bertz CT molecular complexity index is 367. The summed E-state index contributed by atoms with van der Waals surface area (Å²) in [5.74, 6) is -3.19. The zero-order chi connectivity index (χ0) is 11.4. The van der Waals surface area contributed by atoms with E-state index in [0.29, 0.717) is 5.56 Å². The van der Waals surface area contributed by atoms with E-state index < -0.39 is 24.3 Å². The van der Waals surface area contributed by atoms with E-state index in [9.17, 15) is 9.59 Å². The molecule has 0 aromatic heterocycles. The Balaban J connectivity index is 2.94. The van der Waals surface area contributed by atoms with E-state index in [2.05, 4.69) is 0 Å². The monoisotopic (exact) mass is 208 g/mol. The molecule has 0 radical (unpaired) electrons. The predicted octanol–water partition coefficient (Wildman–Crippen LogP) is 1.64. The molecule has 80 valence electrons. The Morgan fingerprint density at radius 2 is 1.73 bits per heavy atom. The van der Waals surface area contributed by atoms with Crippen LogP contribution in [0.5, 0.6) is 0 Å². The number of aryl methyl sites for hydroxylation is 1. The van der Waals surface area contributed by atoms with Crippen LogP contribution in [0.2, 0.25) is 0 Å². The molecule has 1 atom stereocenters. The molecule has 2 N–H and O–H groups in total. The SMILES string of the molecule is Cc1ccc([C@@H](CC(=O)O)C(=O)O)cc1. The van der Waals surface area contributed by atoms with Gasteiger partial charge in [-0.3, -0.25) is 9.59 Å². The Morgan fingerprint density at radius 1 is 1.20 bits per heavy atom. The predicted molar refractivity (Wildman–Crippen MR) is 53.8 cm³/mol. The van der Waals surface area contributed by atoms with Gasteiger partial charge in [-0.15, -0.1) is 0 Å². The second kappa shape index (κ2) is 4.59. The van der Waals surface area contributed by atoms with E-state index in [1.54, 1.807) is 24.3 Å². The first-order valence-corrected chi connectivity index (χ1v) is 4.52. The fourth-order valence-corrected chi connectivity index (χ4v) is 1.32. The summed E-state index contributed by atoms with van der Waals surface area (Å²) in [5, 5.41) is 17.5. The Kier molecular flexibility index (Phi) is 3.44. The van der Waals surface area contributed by atoms with Crippen molar-refractivity contribution in [1.29, 1.82) is 0 Å². The van der Waals surface area contributed by atoms with Gasteiger partial charge in [0.1, 0.15) is 0 Å². The molecule has 0 spiro atoms. The lowest BCUT2D eigenvalue weighted by Crippen LogP contribution is -2.15. The third-order valence-corrected chi connectivity index (χ3v) is 2.16. The van der Waals surface area contributed by atoms with Crippen molar-refractivity contribution >= 4 is 11.9 Å². The van der Waals surface area contributed by atoms with E-state index in [1.165, 1.54) is 0 Å². The van der Waals surface area contributed by atoms with Crippen LogP contribution in [-0.2, 0) is 9.59 Å². The normalized spacial score (nSPS) is 12.1. The molecule has 0 aliphatic carbocycles. The molecule has 0 aliphatic rings. The van der Waals surface area contributed by atoms with Crippen molar-refractivity contribution < 1.29 is 19.8 Å². The number of hydrogen-bond acceptors (Lipinski definition) is 2. The van der Waals surface area contributed by atoms with Gasteiger partial charge in [0.05, 0.1) is 12.3 Å². The summed E-state index contributed by atoms with van der Waals surface area (Å²) in [4.78, 5) is 21.3. The van der Waals surface area contributed by atoms with Gasteiger partial charge in [0.25, 0.3) is 0 Å². The van der Waals surface area contributed by atoms with Gasteiger partial charge in [-0.2, -0.15) is 0 Å². The molecule has 0 saturated heterocycles. The highest BCUT2D eigenvalue weighted by atomic mass is 16.4. The molecule has 1 rings (SSSR count). The summed E-state index contributed by atoms with van der Waals surface area (Å²) in [5.41, 5.74) is 1.54. The molecule has 0 saturated carbocycles. The number of rotatable bonds is 4. The standard InChI is InChI=1S/C11H12O4/c1-7-2-4-8(5-3-7)9(11(14)15)6-10(12)13/h2-5,9H,6H2,1H3,(H,12,13)(H,14,15)/t9-/m1/s1. The van der Waals surface area contributed by atoms with E-state index in [4.69, 9.17) is 10.2 Å². The topological polar surface area (TPSA) is 74.6 Å².